The molecule has 1 aliphatic heterocycles. The number of halogens is 1. The van der Waals surface area contributed by atoms with Crippen molar-refractivity contribution in [1.29, 1.82) is 0 Å². The first-order valence-electron chi connectivity index (χ1n) is 6.59. The molecule has 3 rings (SSSR count). The van der Waals surface area contributed by atoms with E-state index in [9.17, 15) is 9.18 Å². The van der Waals surface area contributed by atoms with Crippen LogP contribution in [0.3, 0.4) is 0 Å². The summed E-state index contributed by atoms with van der Waals surface area (Å²) in [5.74, 6) is 1.04. The van der Waals surface area contributed by atoms with E-state index in [1.54, 1.807) is 36.0 Å². The zero-order valence-electron chi connectivity index (χ0n) is 11.4. The lowest BCUT2D eigenvalue weighted by molar-refractivity contribution is -0.118. The van der Waals surface area contributed by atoms with Gasteiger partial charge in [0.1, 0.15) is 5.82 Å². The number of rotatable bonds is 5. The molecule has 8 heteroatoms. The van der Waals surface area contributed by atoms with Crippen molar-refractivity contribution in [3.05, 3.63) is 47.6 Å². The average molecular weight is 336 g/mol. The average Bonchev–Trinajstić information content (AvgIpc) is 3.19. The molecule has 1 aliphatic rings. The van der Waals surface area contributed by atoms with Gasteiger partial charge in [-0.05, 0) is 29.3 Å². The third-order valence-electron chi connectivity index (χ3n) is 2.97. The Morgan fingerprint density at radius 3 is 3.00 bits per heavy atom. The van der Waals surface area contributed by atoms with Gasteiger partial charge in [-0.25, -0.2) is 9.37 Å². The van der Waals surface area contributed by atoms with Crippen LogP contribution in [0.15, 0.2) is 47.0 Å². The van der Waals surface area contributed by atoms with Crippen LogP contribution in [0.25, 0.3) is 0 Å². The smallest absolute Gasteiger partial charge is 0.269 e. The van der Waals surface area contributed by atoms with Gasteiger partial charge in [0.05, 0.1) is 0 Å². The van der Waals surface area contributed by atoms with Gasteiger partial charge in [-0.3, -0.25) is 9.89 Å². The van der Waals surface area contributed by atoms with E-state index in [0.29, 0.717) is 23.3 Å². The number of benzene rings is 1. The van der Waals surface area contributed by atoms with Gasteiger partial charge in [0.25, 0.3) is 5.91 Å². The third-order valence-corrected chi connectivity index (χ3v) is 4.69. The number of aromatic amines is 1. The van der Waals surface area contributed by atoms with Crippen molar-refractivity contribution in [2.24, 2.45) is 0 Å². The Morgan fingerprint density at radius 1 is 1.45 bits per heavy atom. The van der Waals surface area contributed by atoms with Crippen LogP contribution in [0.2, 0.25) is 0 Å². The minimum atomic E-state index is -1.77. The lowest BCUT2D eigenvalue weighted by Crippen LogP contribution is -2.21. The Bertz CT molecular complexity index is 676. The molecule has 1 aromatic carbocycles. The summed E-state index contributed by atoms with van der Waals surface area (Å²) in [7, 11) is 0. The Hall–Kier alpha value is -1.80. The predicted molar refractivity (Wildman–Crippen MR) is 86.5 cm³/mol. The number of nitrogens with zero attached hydrogens (tertiary/aromatic N) is 2. The second-order valence-corrected chi connectivity index (χ2v) is 6.51. The van der Waals surface area contributed by atoms with E-state index in [1.165, 1.54) is 0 Å². The van der Waals surface area contributed by atoms with Gasteiger partial charge in [0.15, 0.2) is 0 Å². The second-order valence-electron chi connectivity index (χ2n) is 4.56. The van der Waals surface area contributed by atoms with Crippen LogP contribution in [0, 0.1) is 0 Å². The number of carbonyl (C=O) groups excluding carboxylic acids is 1. The van der Waals surface area contributed by atoms with Crippen molar-refractivity contribution in [3.8, 4) is 0 Å². The van der Waals surface area contributed by atoms with Crippen molar-refractivity contribution in [1.82, 2.24) is 15.2 Å². The zero-order chi connectivity index (χ0) is 15.4. The molecule has 2 heterocycles. The highest BCUT2D eigenvalue weighted by atomic mass is 32.2. The number of hydrogen-bond acceptors (Lipinski definition) is 5. The molecule has 1 aromatic heterocycles. The molecule has 22 heavy (non-hydrogen) atoms. The predicted octanol–water partition coefficient (Wildman–Crippen LogP) is 3.18. The number of carbonyl (C=O) groups is 1. The van der Waals surface area contributed by atoms with Crippen LogP contribution in [0.1, 0.15) is 11.7 Å². The molecule has 0 saturated heterocycles. The molecule has 5 nitrogen and oxygen atoms in total. The summed E-state index contributed by atoms with van der Waals surface area (Å²) in [6, 6.07) is 8.76. The van der Waals surface area contributed by atoms with E-state index in [2.05, 4.69) is 20.5 Å². The highest BCUT2D eigenvalue weighted by molar-refractivity contribution is 8.02. The molecule has 2 aromatic rings. The third kappa shape index (κ3) is 3.69. The van der Waals surface area contributed by atoms with E-state index in [0.717, 1.165) is 5.75 Å². The number of hydrogen-bond donors (Lipinski definition) is 2. The van der Waals surface area contributed by atoms with Crippen LogP contribution >= 0.6 is 23.5 Å². The van der Waals surface area contributed by atoms with Gasteiger partial charge < -0.3 is 5.32 Å². The van der Waals surface area contributed by atoms with Gasteiger partial charge in [0, 0.05) is 17.4 Å². The van der Waals surface area contributed by atoms with Crippen LogP contribution < -0.4 is 5.32 Å². The lowest BCUT2D eigenvalue weighted by atomic mass is 10.2. The van der Waals surface area contributed by atoms with E-state index < -0.39 is 11.4 Å². The molecule has 0 radical (unpaired) electrons. The highest BCUT2D eigenvalue weighted by Crippen LogP contribution is 2.29. The standard InChI is InChI=1S/C14H13FN4OS2/c15-11(13(20)16-10-4-2-1-3-5-10)22-14-17-12(18-19-14)9-6-7-21-8-9/h1-7,9,11H,8H2,(H,16,20)(H,17,18,19). The zero-order valence-corrected chi connectivity index (χ0v) is 13.0. The first kappa shape index (κ1) is 15.1. The molecule has 0 saturated carbocycles. The summed E-state index contributed by atoms with van der Waals surface area (Å²) in [5.41, 5.74) is -1.21. The number of thioether (sulfide) groups is 2. The maximum atomic E-state index is 14.0. The van der Waals surface area contributed by atoms with Gasteiger partial charge >= 0.3 is 0 Å². The summed E-state index contributed by atoms with van der Waals surface area (Å²) in [5, 5.41) is 11.5. The molecule has 1 amide bonds. The summed E-state index contributed by atoms with van der Waals surface area (Å²) in [4.78, 5) is 16.0. The Morgan fingerprint density at radius 2 is 2.27 bits per heavy atom. The van der Waals surface area contributed by atoms with Crippen molar-refractivity contribution in [3.63, 3.8) is 0 Å². The summed E-state index contributed by atoms with van der Waals surface area (Å²) in [6.07, 6.45) is 2.02. The summed E-state index contributed by atoms with van der Waals surface area (Å²) < 4.78 is 14.0. The van der Waals surface area contributed by atoms with Gasteiger partial charge in [-0.1, -0.05) is 24.3 Å². The number of anilines is 1. The maximum Gasteiger partial charge on any atom is 0.269 e. The largest absolute Gasteiger partial charge is 0.323 e. The first-order valence-corrected chi connectivity index (χ1v) is 8.52. The Balaban J connectivity index is 1.58. The molecule has 0 fully saturated rings. The van der Waals surface area contributed by atoms with Crippen molar-refractivity contribution >= 4 is 35.1 Å². The first-order chi connectivity index (χ1) is 10.7. The Kier molecular flexibility index (Phi) is 4.79. The molecule has 0 aliphatic carbocycles. The fourth-order valence-electron chi connectivity index (χ4n) is 1.88. The van der Waals surface area contributed by atoms with Crippen LogP contribution in [-0.2, 0) is 4.79 Å². The monoisotopic (exact) mass is 336 g/mol. The molecule has 2 N–H and O–H groups in total. The van der Waals surface area contributed by atoms with Crippen LogP contribution in [0.5, 0.6) is 0 Å². The fourth-order valence-corrected chi connectivity index (χ4v) is 3.37. The number of aromatic nitrogens is 3. The SMILES string of the molecule is O=C(Nc1ccccc1)C(F)Sc1n[nH]c(C2C=CSC2)n1. The number of allylic oxidation sites excluding steroid dienone is 1. The van der Waals surface area contributed by atoms with Crippen LogP contribution in [0.4, 0.5) is 10.1 Å². The molecule has 0 bridgehead atoms. The van der Waals surface area contributed by atoms with Gasteiger partial charge in [-0.15, -0.1) is 16.9 Å². The van der Waals surface area contributed by atoms with E-state index in [4.69, 9.17) is 0 Å². The minimum absolute atomic E-state index is 0.169. The normalized spacial score (nSPS) is 18.3. The van der Waals surface area contributed by atoms with Gasteiger partial charge in [-0.2, -0.15) is 0 Å². The molecule has 2 unspecified atom stereocenters. The molecule has 2 atom stereocenters. The second kappa shape index (κ2) is 6.97. The van der Waals surface area contributed by atoms with Crippen molar-refractivity contribution in [2.45, 2.75) is 16.6 Å². The minimum Gasteiger partial charge on any atom is -0.323 e. The van der Waals surface area contributed by atoms with Crippen LogP contribution in [-0.4, -0.2) is 32.3 Å². The number of alkyl halides is 1. The van der Waals surface area contributed by atoms with E-state index in [1.807, 2.05) is 17.6 Å². The van der Waals surface area contributed by atoms with E-state index >= 15 is 0 Å². The van der Waals surface area contributed by atoms with E-state index in [-0.39, 0.29) is 11.1 Å². The summed E-state index contributed by atoms with van der Waals surface area (Å²) >= 11 is 2.38. The van der Waals surface area contributed by atoms with Gasteiger partial charge in [0.2, 0.25) is 10.7 Å². The topological polar surface area (TPSA) is 70.7 Å². The number of para-hydroxylation sites is 1. The highest BCUT2D eigenvalue weighted by Gasteiger charge is 2.23. The molecular formula is C14H13FN4OS2. The number of amides is 1. The molecule has 0 spiro atoms. The lowest BCUT2D eigenvalue weighted by Gasteiger charge is -2.07. The maximum absolute atomic E-state index is 14.0. The Labute approximate surface area is 135 Å². The molecular weight excluding hydrogens is 323 g/mol. The quantitative estimate of drug-likeness (QED) is 0.821. The van der Waals surface area contributed by atoms with Crippen molar-refractivity contribution in [2.75, 3.05) is 11.1 Å². The molecule has 114 valence electrons. The fraction of sp³-hybridized carbons (Fsp3) is 0.214. The van der Waals surface area contributed by atoms with Crippen molar-refractivity contribution < 1.29 is 9.18 Å². The number of nitrogens with one attached hydrogen (secondary N) is 2. The number of H-pyrrole nitrogens is 1. The summed E-state index contributed by atoms with van der Waals surface area (Å²) in [6.45, 7) is 0.